The Kier molecular flexibility index (Phi) is 48.6. The van der Waals surface area contributed by atoms with Crippen LogP contribution in [0.4, 0.5) is 48.3 Å². The number of halogens is 11. The maximum Gasteiger partial charge on any atom is 0.416 e. The molecule has 12 aromatic carbocycles. The van der Waals surface area contributed by atoms with Crippen molar-refractivity contribution in [2.45, 2.75) is 177 Å². The van der Waals surface area contributed by atoms with Crippen LogP contribution in [0.3, 0.4) is 0 Å². The molecule has 0 aliphatic carbocycles. The van der Waals surface area contributed by atoms with Crippen molar-refractivity contribution in [3.63, 3.8) is 0 Å². The molecule has 738 valence electrons. The molecule has 18 aromatic rings. The van der Waals surface area contributed by atoms with Gasteiger partial charge >= 0.3 is 6.18 Å². The zero-order valence-corrected chi connectivity index (χ0v) is 92.6. The quantitative estimate of drug-likeness (QED) is 0.0322. The van der Waals surface area contributed by atoms with Gasteiger partial charge in [-0.2, -0.15) is 13.2 Å². The van der Waals surface area contributed by atoms with E-state index in [1.54, 1.807) is 104 Å². The fraction of sp³-hybridized carbons (Fsp3) is 0.231. The predicted molar refractivity (Wildman–Crippen MR) is 522 cm³/mol. The second-order valence-corrected chi connectivity index (χ2v) is 33.0. The van der Waals surface area contributed by atoms with Gasteiger partial charge in [-0.25, -0.2) is 17.6 Å². The van der Waals surface area contributed by atoms with Crippen molar-refractivity contribution in [2.75, 3.05) is 0 Å². The summed E-state index contributed by atoms with van der Waals surface area (Å²) < 4.78 is 151. The molecule has 0 fully saturated rings. The minimum atomic E-state index is -4.42. The molecule has 0 N–H and O–H groups in total. The third kappa shape index (κ3) is 30.9. The van der Waals surface area contributed by atoms with E-state index in [-0.39, 0.29) is 173 Å². The van der Waals surface area contributed by atoms with Gasteiger partial charge in [0, 0.05) is 191 Å². The average Bonchev–Trinajstić information content (AvgIpc) is 0.712. The number of pyridine rings is 6. The Bertz CT molecular complexity index is 6860. The second kappa shape index (κ2) is 58.1. The number of fused-ring (bicyclic) bond motifs is 6. The minimum Gasteiger partial charge on any atom is -0.304 e. The molecule has 6 nitrogen and oxygen atoms in total. The van der Waals surface area contributed by atoms with Gasteiger partial charge in [0.05, 0.1) is 11.8 Å². The molecule has 23 heteroatoms. The zero-order chi connectivity index (χ0) is 94.6. The Morgan fingerprint density at radius 1 is 0.264 bits per heavy atom. The third-order valence-electron chi connectivity index (χ3n) is 23.2. The fourth-order valence-electron chi connectivity index (χ4n) is 16.1. The molecule has 0 spiro atoms. The Morgan fingerprint density at radius 2 is 0.679 bits per heavy atom. The van der Waals surface area contributed by atoms with Crippen LogP contribution in [0.1, 0.15) is 170 Å². The van der Waals surface area contributed by atoms with E-state index in [1.165, 1.54) is 115 Å². The minimum absolute atomic E-state index is 0. The topological polar surface area (TPSA) is 77.3 Å². The van der Waals surface area contributed by atoms with E-state index in [4.69, 9.17) is 0 Å². The molecule has 0 unspecified atom stereocenters. The predicted octanol–water partition coefficient (Wildman–Crippen LogP) is 33.1. The summed E-state index contributed by atoms with van der Waals surface area (Å²) >= 11 is 0. The standard InChI is InChI=1S/C22H24N.C19H15F3N.4C19H16F2N.6Ir/c1-3-4-5-6-7-18-9-12-20(13-10-18)22-21-16-17(2)8-11-19(21)14-15-23-22;1-2-5-13-6-3-8-15(12-13)18-17-14(10-11-23-18)7-4-9-16(17)19(20,21)22;1-2-3-6-13-11-14(9-10-17(13)20)19-16-8-5-4-7-15(16)18(21)12-22-19;1-2-3-5-14-12-15(8-9-16(14)20)19-18-13(10-11-22-19)6-4-7-17(18)21;1-2-3-5-13-12-14(8-9-17(13)20)19-16-6-4-7-18(21)15(16)10-11-22-19;1-2-3-4-14-11-15(6-8-18(14)21)19-17-12-16(20)7-5-13(17)9-10-22-19;;;;;;/h8-12,14-16H,3-7H2,1-2H3;3-4,6-7,9-12H,2,5H2,1H3;4-5,7-8,10-12H,2-3,6H2,1H3;2*4,6-7,9-12H,2-3,5H2,1H3;5,7-12H,2-4H2,1H3;;;;;;/q6*-1;;;;;;. The average molecular weight is 2960 g/mol. The molecule has 6 radical (unpaired) electrons. The number of benzene rings is 12. The van der Waals surface area contributed by atoms with Crippen LogP contribution in [0.15, 0.2) is 268 Å². The van der Waals surface area contributed by atoms with Crippen molar-refractivity contribution in [1.29, 1.82) is 0 Å². The van der Waals surface area contributed by atoms with Crippen molar-refractivity contribution < 1.29 is 169 Å². The summed E-state index contributed by atoms with van der Waals surface area (Å²) in [6.45, 7) is 14.7. The van der Waals surface area contributed by atoms with Crippen LogP contribution in [0.5, 0.6) is 0 Å². The number of unbranched alkanes of at least 4 members (excludes halogenated alkanes) is 7. The molecule has 6 heterocycles. The third-order valence-corrected chi connectivity index (χ3v) is 23.2. The van der Waals surface area contributed by atoms with Gasteiger partial charge in [0.25, 0.3) is 0 Å². The van der Waals surface area contributed by atoms with Crippen molar-refractivity contribution in [1.82, 2.24) is 29.9 Å². The summed E-state index contributed by atoms with van der Waals surface area (Å²) in [4.78, 5) is 26.0. The maximum absolute atomic E-state index is 14.2. The van der Waals surface area contributed by atoms with Gasteiger partial charge in [-0.15, -0.1) is 166 Å². The van der Waals surface area contributed by atoms with E-state index in [9.17, 15) is 48.3 Å². The SMILES string of the molecule is CCCCCCc1c[c-]c(-c2nccc3ccc(C)cc23)cc1.CCCCc1cc(-c2ncc(F)c3ccccc23)[c-]cc1F.CCCCc1cc(-c2nccc3c(F)cccc23)[c-]cc1F.CCCCc1cc(-c2nccc3ccc(F)cc23)[c-]cc1F.CCCCc1cc(-c2nccc3cccc(F)c23)[c-]cc1F.CCCc1cc[c-]c(-c2nccc3cccc(C(F)(F)F)c23)c1.[Ir].[Ir].[Ir].[Ir].[Ir].[Ir]. The number of nitrogens with zero attached hydrogens (tertiary/aromatic N) is 6. The van der Waals surface area contributed by atoms with Crippen LogP contribution in [0.25, 0.3) is 132 Å². The first-order valence-corrected chi connectivity index (χ1v) is 45.9. The van der Waals surface area contributed by atoms with Crippen molar-refractivity contribution >= 4 is 64.6 Å². The molecule has 0 aliphatic heterocycles. The summed E-state index contributed by atoms with van der Waals surface area (Å²) in [5.74, 6) is -2.28. The van der Waals surface area contributed by atoms with Crippen molar-refractivity contribution in [3.05, 3.63) is 395 Å². The summed E-state index contributed by atoms with van der Waals surface area (Å²) in [7, 11) is 0. The Labute approximate surface area is 894 Å². The molecular weight excluding hydrogens is 2850 g/mol. The van der Waals surface area contributed by atoms with Crippen LogP contribution < -0.4 is 0 Å². The maximum atomic E-state index is 14.2. The van der Waals surface area contributed by atoms with Crippen molar-refractivity contribution in [3.8, 4) is 67.5 Å². The van der Waals surface area contributed by atoms with Crippen LogP contribution in [-0.4, -0.2) is 29.9 Å². The van der Waals surface area contributed by atoms with E-state index in [0.717, 1.165) is 104 Å². The first-order chi connectivity index (χ1) is 65.1. The summed E-state index contributed by atoms with van der Waals surface area (Å²) in [6, 6.07) is 83.9. The largest absolute Gasteiger partial charge is 0.416 e. The van der Waals surface area contributed by atoms with E-state index in [1.807, 2.05) is 48.7 Å². The molecule has 0 aliphatic rings. The Balaban J connectivity index is 0.000000226. The van der Waals surface area contributed by atoms with Crippen molar-refractivity contribution in [2.24, 2.45) is 0 Å². The molecule has 0 saturated carbocycles. The number of aryl methyl sites for hydroxylation is 7. The van der Waals surface area contributed by atoms with Gasteiger partial charge in [0.1, 0.15) is 23.3 Å². The molecule has 0 amide bonds. The van der Waals surface area contributed by atoms with Gasteiger partial charge < -0.3 is 29.9 Å². The fourth-order valence-corrected chi connectivity index (χ4v) is 16.1. The summed E-state index contributed by atoms with van der Waals surface area (Å²) in [5.41, 5.74) is 13.8. The number of rotatable bonds is 25. The van der Waals surface area contributed by atoms with Gasteiger partial charge in [-0.3, -0.25) is 17.6 Å². The van der Waals surface area contributed by atoms with E-state index < -0.39 is 11.7 Å². The van der Waals surface area contributed by atoms with Gasteiger partial charge in [-0.1, -0.05) is 250 Å². The smallest absolute Gasteiger partial charge is 0.304 e. The molecule has 140 heavy (non-hydrogen) atoms. The van der Waals surface area contributed by atoms with E-state index >= 15 is 0 Å². The molecule has 18 rings (SSSR count). The monoisotopic (exact) mass is 2960 g/mol. The first-order valence-electron chi connectivity index (χ1n) is 45.9. The summed E-state index contributed by atoms with van der Waals surface area (Å²) in [5, 5.41) is 8.40. The molecular formula is C117H103F11Ir6N6-6. The van der Waals surface area contributed by atoms with Gasteiger partial charge in [-0.05, 0) is 176 Å². The zero-order valence-electron chi connectivity index (χ0n) is 78.2. The first kappa shape index (κ1) is 117. The number of alkyl halides is 3. The number of aromatic nitrogens is 6. The normalized spacial score (nSPS) is 10.7. The second-order valence-electron chi connectivity index (χ2n) is 33.0. The number of hydrogen-bond donors (Lipinski definition) is 0. The number of hydrogen-bond acceptors (Lipinski definition) is 6. The van der Waals surface area contributed by atoms with Gasteiger partial charge in [0.15, 0.2) is 0 Å². The molecule has 0 atom stereocenters. The van der Waals surface area contributed by atoms with Crippen LogP contribution >= 0.6 is 0 Å². The molecule has 0 saturated heterocycles. The molecule has 0 bridgehead atoms. The van der Waals surface area contributed by atoms with Crippen LogP contribution in [-0.2, 0) is 165 Å². The summed E-state index contributed by atoms with van der Waals surface area (Å²) in [6.07, 6.45) is 23.7. The Morgan fingerprint density at radius 3 is 1.19 bits per heavy atom. The van der Waals surface area contributed by atoms with Crippen LogP contribution in [0, 0.1) is 89.9 Å². The van der Waals surface area contributed by atoms with Crippen LogP contribution in [0.2, 0.25) is 0 Å². The van der Waals surface area contributed by atoms with E-state index in [2.05, 4.69) is 157 Å². The Hall–Kier alpha value is -9.77. The van der Waals surface area contributed by atoms with Gasteiger partial charge in [0.2, 0.25) is 0 Å². The molecule has 6 aromatic heterocycles. The van der Waals surface area contributed by atoms with E-state index in [0.29, 0.717) is 142 Å².